The van der Waals surface area contributed by atoms with Gasteiger partial charge >= 0.3 is 12.4 Å². The molecule has 0 atom stereocenters. The minimum absolute atomic E-state index is 0.806. The molecule has 0 amide bonds. The van der Waals surface area contributed by atoms with Gasteiger partial charge in [0.2, 0.25) is 12.2 Å². The molecule has 77 valence electrons. The molecule has 0 aromatic heterocycles. The summed E-state index contributed by atoms with van der Waals surface area (Å²) in [5.74, 6) is 0. The largest absolute Gasteiger partial charge is 0.420 e. The zero-order valence-corrected chi connectivity index (χ0v) is 5.74. The van der Waals surface area contributed by atoms with Gasteiger partial charge in [-0.1, -0.05) is 0 Å². The molecule has 0 aromatic rings. The van der Waals surface area contributed by atoms with E-state index in [4.69, 9.17) is 10.2 Å². The fraction of sp³-hybridized carbons (Fsp3) is 0.400. The van der Waals surface area contributed by atoms with E-state index >= 15 is 0 Å². The highest BCUT2D eigenvalue weighted by molar-refractivity contribution is 5.14. The molecule has 0 saturated heterocycles. The minimum Gasteiger partial charge on any atom is -0.378 e. The Morgan fingerprint density at radius 1 is 0.769 bits per heavy atom. The lowest BCUT2D eigenvalue weighted by molar-refractivity contribution is -0.167. The molecule has 0 aliphatic carbocycles. The molecule has 0 bridgehead atoms. The Kier molecular flexibility index (Phi) is 3.56. The van der Waals surface area contributed by atoms with E-state index in [1.54, 1.807) is 0 Å². The summed E-state index contributed by atoms with van der Waals surface area (Å²) in [6.07, 6.45) is -16.4. The van der Waals surface area contributed by atoms with E-state index in [-0.39, 0.29) is 0 Å². The highest BCUT2D eigenvalue weighted by Gasteiger charge is 2.48. The summed E-state index contributed by atoms with van der Waals surface area (Å²) in [6, 6.07) is 0. The molecule has 0 fully saturated rings. The minimum atomic E-state index is -5.31. The highest BCUT2D eigenvalue weighted by Crippen LogP contribution is 2.36. The van der Waals surface area contributed by atoms with Crippen LogP contribution in [0.4, 0.5) is 26.3 Å². The molecule has 0 aromatic carbocycles. The summed E-state index contributed by atoms with van der Waals surface area (Å²) >= 11 is 0. The van der Waals surface area contributed by atoms with Crippen molar-refractivity contribution in [2.24, 2.45) is 0 Å². The van der Waals surface area contributed by atoms with Gasteiger partial charge in [-0.3, -0.25) is 0 Å². The summed E-state index contributed by atoms with van der Waals surface area (Å²) in [5, 5.41) is 15.9. The normalized spacial score (nSPS) is 14.3. The monoisotopic (exact) mass is 209 g/mol. The molecule has 0 spiro atoms. The fourth-order valence-electron chi connectivity index (χ4n) is 0.293. The maximum absolute atomic E-state index is 11.4. The van der Waals surface area contributed by atoms with Crippen molar-refractivity contribution in [3.63, 3.8) is 0 Å². The maximum Gasteiger partial charge on any atom is 0.420 e. The van der Waals surface area contributed by atoms with Gasteiger partial charge in [-0.15, -0.1) is 0 Å². The van der Waals surface area contributed by atoms with E-state index in [2.05, 4.69) is 0 Å². The molecule has 0 rings (SSSR count). The molecule has 2 nitrogen and oxygen atoms in total. The molecular formula is C5H3F6O2. The Hall–Kier alpha value is -0.500. The summed E-state index contributed by atoms with van der Waals surface area (Å²) in [4.78, 5) is 0. The average Bonchev–Trinajstić information content (AvgIpc) is 1.82. The van der Waals surface area contributed by atoms with E-state index in [1.807, 2.05) is 0 Å². The van der Waals surface area contributed by atoms with E-state index in [9.17, 15) is 26.3 Å². The van der Waals surface area contributed by atoms with Crippen molar-refractivity contribution in [1.29, 1.82) is 0 Å². The zero-order valence-electron chi connectivity index (χ0n) is 5.74. The van der Waals surface area contributed by atoms with Gasteiger partial charge in [-0.2, -0.15) is 26.3 Å². The Morgan fingerprint density at radius 3 is 1.15 bits per heavy atom. The van der Waals surface area contributed by atoms with Crippen LogP contribution in [0.5, 0.6) is 0 Å². The second-order valence-corrected chi connectivity index (χ2v) is 1.91. The van der Waals surface area contributed by atoms with Gasteiger partial charge < -0.3 is 10.2 Å². The number of alkyl halides is 6. The predicted octanol–water partition coefficient (Wildman–Crippen LogP) is 2.12. The molecule has 2 N–H and O–H groups in total. The summed E-state index contributed by atoms with van der Waals surface area (Å²) in [5.41, 5.74) is 0. The van der Waals surface area contributed by atoms with Crippen LogP contribution in [-0.4, -0.2) is 22.6 Å². The van der Waals surface area contributed by atoms with Gasteiger partial charge in [0.25, 0.3) is 0 Å². The van der Waals surface area contributed by atoms with E-state index < -0.39 is 31.0 Å². The van der Waals surface area contributed by atoms with Crippen molar-refractivity contribution in [2.45, 2.75) is 12.4 Å². The SMILES string of the molecule is O[C]([CH][C](O)C(F)(F)F)C(F)(F)F. The molecule has 0 unspecified atom stereocenters. The van der Waals surface area contributed by atoms with Crippen molar-refractivity contribution >= 4 is 0 Å². The third-order valence-corrected chi connectivity index (χ3v) is 0.854. The van der Waals surface area contributed by atoms with Crippen molar-refractivity contribution in [1.82, 2.24) is 0 Å². The standard InChI is InChI=1S/C5H3F6O2/c6-4(7,8)2(12)1-3(13)5(9,10)11/h1,12-13H. The van der Waals surface area contributed by atoms with Crippen LogP contribution in [0.15, 0.2) is 0 Å². The van der Waals surface area contributed by atoms with E-state index in [1.165, 1.54) is 0 Å². The highest BCUT2D eigenvalue weighted by atomic mass is 19.4. The topological polar surface area (TPSA) is 40.5 Å². The lowest BCUT2D eigenvalue weighted by atomic mass is 10.1. The zero-order chi connectivity index (χ0) is 10.9. The van der Waals surface area contributed by atoms with Crippen LogP contribution in [0.3, 0.4) is 0 Å². The lowest BCUT2D eigenvalue weighted by Crippen LogP contribution is -2.29. The van der Waals surface area contributed by atoms with Gasteiger partial charge in [0.15, 0.2) is 0 Å². The smallest absolute Gasteiger partial charge is 0.378 e. The summed E-state index contributed by atoms with van der Waals surface area (Å²) in [7, 11) is 0. The fourth-order valence-corrected chi connectivity index (χ4v) is 0.293. The summed E-state index contributed by atoms with van der Waals surface area (Å²) in [6.45, 7) is 0. The van der Waals surface area contributed by atoms with Crippen LogP contribution in [0.1, 0.15) is 0 Å². The number of hydrogen-bond acceptors (Lipinski definition) is 2. The van der Waals surface area contributed by atoms with E-state index in [0.717, 1.165) is 0 Å². The molecule has 0 aliphatic heterocycles. The Labute approximate surface area is 68.8 Å². The van der Waals surface area contributed by atoms with Crippen LogP contribution in [0.2, 0.25) is 0 Å². The third-order valence-electron chi connectivity index (χ3n) is 0.854. The molecule has 8 heteroatoms. The van der Waals surface area contributed by atoms with Crippen LogP contribution < -0.4 is 0 Å². The second-order valence-electron chi connectivity index (χ2n) is 1.91. The first-order valence-electron chi connectivity index (χ1n) is 2.66. The van der Waals surface area contributed by atoms with Gasteiger partial charge in [-0.25, -0.2) is 0 Å². The molecule has 13 heavy (non-hydrogen) atoms. The first-order valence-corrected chi connectivity index (χ1v) is 2.66. The molecule has 0 saturated carbocycles. The lowest BCUT2D eigenvalue weighted by Gasteiger charge is -2.17. The molecular weight excluding hydrogens is 206 g/mol. The molecule has 0 aliphatic rings. The predicted molar refractivity (Wildman–Crippen MR) is 26.8 cm³/mol. The first kappa shape index (κ1) is 12.5. The Morgan fingerprint density at radius 2 is 1.00 bits per heavy atom. The summed E-state index contributed by atoms with van der Waals surface area (Å²) < 4.78 is 68.3. The number of aliphatic hydroxyl groups excluding tert-OH is 2. The van der Waals surface area contributed by atoms with Gasteiger partial charge in [0, 0.05) is 0 Å². The van der Waals surface area contributed by atoms with Crippen molar-refractivity contribution in [3.05, 3.63) is 18.6 Å². The Balaban J connectivity index is 4.15. The molecule has 0 heterocycles. The first-order chi connectivity index (χ1) is 5.55. The van der Waals surface area contributed by atoms with Crippen molar-refractivity contribution < 1.29 is 36.6 Å². The van der Waals surface area contributed by atoms with Crippen molar-refractivity contribution in [2.75, 3.05) is 0 Å². The number of rotatable bonds is 2. The second kappa shape index (κ2) is 3.70. The average molecular weight is 209 g/mol. The molecule has 3 radical (unpaired) electrons. The number of aliphatic hydroxyl groups is 2. The quantitative estimate of drug-likeness (QED) is 0.684. The maximum atomic E-state index is 11.4. The van der Waals surface area contributed by atoms with Crippen molar-refractivity contribution in [3.8, 4) is 0 Å². The number of halogens is 6. The number of hydrogen-bond donors (Lipinski definition) is 2. The van der Waals surface area contributed by atoms with Gasteiger partial charge in [0.1, 0.15) is 0 Å². The van der Waals surface area contributed by atoms with Gasteiger partial charge in [-0.05, 0) is 0 Å². The van der Waals surface area contributed by atoms with E-state index in [0.29, 0.717) is 0 Å². The van der Waals surface area contributed by atoms with Gasteiger partial charge in [0.05, 0.1) is 6.42 Å². The van der Waals surface area contributed by atoms with Crippen LogP contribution in [0.25, 0.3) is 0 Å². The van der Waals surface area contributed by atoms with Crippen LogP contribution in [0, 0.1) is 18.6 Å². The third kappa shape index (κ3) is 4.32. The Bertz CT molecular complexity index is 143. The van der Waals surface area contributed by atoms with Crippen LogP contribution in [-0.2, 0) is 0 Å². The van der Waals surface area contributed by atoms with Crippen LogP contribution >= 0.6 is 0 Å².